The Morgan fingerprint density at radius 1 is 1.10 bits per heavy atom. The van der Waals surface area contributed by atoms with Crippen LogP contribution in [0.1, 0.15) is 64.4 Å². The Morgan fingerprint density at radius 2 is 1.66 bits per heavy atom. The van der Waals surface area contributed by atoms with E-state index in [9.17, 15) is 14.7 Å². The van der Waals surface area contributed by atoms with Crippen LogP contribution in [0.2, 0.25) is 0 Å². The molecule has 0 saturated heterocycles. The van der Waals surface area contributed by atoms with E-state index in [0.717, 1.165) is 17.8 Å². The first kappa shape index (κ1) is 18.7. The predicted molar refractivity (Wildman–Crippen MR) is 111 cm³/mol. The largest absolute Gasteiger partial charge is 0.509 e. The van der Waals surface area contributed by atoms with Crippen LogP contribution in [0.5, 0.6) is 0 Å². The summed E-state index contributed by atoms with van der Waals surface area (Å²) in [6.07, 6.45) is 8.70. The summed E-state index contributed by atoms with van der Waals surface area (Å²) in [4.78, 5) is 24.9. The summed E-state index contributed by atoms with van der Waals surface area (Å²) in [7, 11) is 0. The Hall–Kier alpha value is -2.30. The van der Waals surface area contributed by atoms with Gasteiger partial charge in [0.15, 0.2) is 0 Å². The lowest BCUT2D eigenvalue weighted by atomic mass is 9.48. The molecule has 29 heavy (non-hydrogen) atoms. The third-order valence-electron chi connectivity index (χ3n) is 8.10. The molecule has 2 amide bonds. The zero-order valence-corrected chi connectivity index (χ0v) is 17.3. The van der Waals surface area contributed by atoms with Crippen molar-refractivity contribution in [3.05, 3.63) is 41.2 Å². The van der Waals surface area contributed by atoms with E-state index < -0.39 is 17.4 Å². The molecule has 0 spiro atoms. The molecule has 1 unspecified atom stereocenters. The number of rotatable bonds is 4. The van der Waals surface area contributed by atoms with Crippen LogP contribution in [0, 0.1) is 17.8 Å². The molecule has 1 heterocycles. The van der Waals surface area contributed by atoms with Crippen molar-refractivity contribution in [1.29, 1.82) is 0 Å². The van der Waals surface area contributed by atoms with E-state index in [0.29, 0.717) is 17.5 Å². The molecule has 4 bridgehead atoms. The molecule has 154 valence electrons. The molecule has 0 aromatic heterocycles. The summed E-state index contributed by atoms with van der Waals surface area (Å²) < 4.78 is 0. The second-order valence-electron chi connectivity index (χ2n) is 10.1. The van der Waals surface area contributed by atoms with Crippen LogP contribution in [-0.2, 0) is 15.0 Å². The van der Waals surface area contributed by atoms with Crippen molar-refractivity contribution in [3.8, 4) is 0 Å². The molecule has 5 heteroatoms. The number of benzene rings is 1. The first-order valence-corrected chi connectivity index (χ1v) is 11.0. The lowest BCUT2D eigenvalue weighted by Gasteiger charge is -2.57. The summed E-state index contributed by atoms with van der Waals surface area (Å²) in [6, 6.07) is 8.19. The fraction of sp³-hybridized carbons (Fsp3) is 0.583. The first-order chi connectivity index (χ1) is 13.8. The molecular weight excluding hydrogens is 364 g/mol. The quantitative estimate of drug-likeness (QED) is 0.670. The van der Waals surface area contributed by atoms with Crippen LogP contribution in [0.25, 0.3) is 0 Å². The van der Waals surface area contributed by atoms with E-state index in [4.69, 9.17) is 0 Å². The average Bonchev–Trinajstić information content (AvgIpc) is 2.90. The lowest BCUT2D eigenvalue weighted by molar-refractivity contribution is -0.121. The van der Waals surface area contributed by atoms with Crippen LogP contribution >= 0.6 is 0 Å². The van der Waals surface area contributed by atoms with E-state index in [1.807, 2.05) is 19.1 Å². The van der Waals surface area contributed by atoms with Crippen molar-refractivity contribution >= 4 is 17.5 Å². The van der Waals surface area contributed by atoms with Gasteiger partial charge in [-0.05, 0) is 92.7 Å². The zero-order chi connectivity index (χ0) is 20.4. The Balaban J connectivity index is 1.34. The highest BCUT2D eigenvalue weighted by atomic mass is 16.3. The van der Waals surface area contributed by atoms with E-state index >= 15 is 0 Å². The molecule has 4 aliphatic carbocycles. The van der Waals surface area contributed by atoms with Crippen molar-refractivity contribution in [3.63, 3.8) is 0 Å². The normalized spacial score (nSPS) is 37.7. The van der Waals surface area contributed by atoms with E-state index in [-0.39, 0.29) is 11.3 Å². The fourth-order valence-electron chi connectivity index (χ4n) is 6.79. The van der Waals surface area contributed by atoms with Crippen LogP contribution in [0.15, 0.2) is 35.6 Å². The number of aliphatic hydroxyl groups excluding tert-OH is 1. The van der Waals surface area contributed by atoms with Crippen LogP contribution in [0.3, 0.4) is 0 Å². The average molecular weight is 395 g/mol. The third-order valence-corrected chi connectivity index (χ3v) is 8.10. The molecule has 4 saturated carbocycles. The molecule has 6 rings (SSSR count). The fourth-order valence-corrected chi connectivity index (χ4v) is 6.79. The van der Waals surface area contributed by atoms with Crippen molar-refractivity contribution < 1.29 is 14.7 Å². The van der Waals surface area contributed by atoms with Gasteiger partial charge in [-0.25, -0.2) is 0 Å². The molecule has 5 aliphatic rings. The van der Waals surface area contributed by atoms with Crippen molar-refractivity contribution in [2.75, 3.05) is 5.32 Å². The lowest BCUT2D eigenvalue weighted by Crippen LogP contribution is -2.48. The van der Waals surface area contributed by atoms with E-state index in [1.165, 1.54) is 44.1 Å². The number of anilines is 1. The van der Waals surface area contributed by atoms with Gasteiger partial charge >= 0.3 is 0 Å². The Kier molecular flexibility index (Phi) is 4.10. The third kappa shape index (κ3) is 2.89. The SMILES string of the molecule is CCC1(C)NC(=O)C(C(=O)Nc2ccc(C34CC5CC(CC(C5)C3)C4)cc2)=C1O. The number of nitrogens with one attached hydrogen (secondary N) is 2. The van der Waals surface area contributed by atoms with E-state index in [1.54, 1.807) is 6.92 Å². The van der Waals surface area contributed by atoms with Gasteiger partial charge in [0, 0.05) is 5.69 Å². The minimum Gasteiger partial charge on any atom is -0.509 e. The summed E-state index contributed by atoms with van der Waals surface area (Å²) >= 11 is 0. The molecule has 3 N–H and O–H groups in total. The molecule has 1 atom stereocenters. The van der Waals surface area contributed by atoms with Crippen LogP contribution in [-0.4, -0.2) is 22.5 Å². The molecule has 0 radical (unpaired) electrons. The minimum absolute atomic E-state index is 0.173. The van der Waals surface area contributed by atoms with Crippen LogP contribution in [0.4, 0.5) is 5.69 Å². The monoisotopic (exact) mass is 394 g/mol. The van der Waals surface area contributed by atoms with Crippen LogP contribution < -0.4 is 10.6 Å². The number of aliphatic hydroxyl groups is 1. The summed E-state index contributed by atoms with van der Waals surface area (Å²) in [5, 5.41) is 15.9. The van der Waals surface area contributed by atoms with Gasteiger partial charge in [0.1, 0.15) is 11.3 Å². The second-order valence-corrected chi connectivity index (χ2v) is 10.1. The highest BCUT2D eigenvalue weighted by Gasteiger charge is 2.51. The predicted octanol–water partition coefficient (Wildman–Crippen LogP) is 4.20. The number of amides is 2. The van der Waals surface area contributed by atoms with Crippen molar-refractivity contribution in [2.45, 2.75) is 69.7 Å². The van der Waals surface area contributed by atoms with Gasteiger partial charge < -0.3 is 15.7 Å². The molecule has 1 aromatic rings. The van der Waals surface area contributed by atoms with Crippen molar-refractivity contribution in [1.82, 2.24) is 5.32 Å². The van der Waals surface area contributed by atoms with Gasteiger partial charge in [0.25, 0.3) is 11.8 Å². The number of carbonyl (C=O) groups is 2. The number of hydrogen-bond donors (Lipinski definition) is 3. The van der Waals surface area contributed by atoms with Gasteiger partial charge in [-0.2, -0.15) is 0 Å². The summed E-state index contributed by atoms with van der Waals surface area (Å²) in [5.41, 5.74) is 1.33. The van der Waals surface area contributed by atoms with Gasteiger partial charge in [0.05, 0.1) is 5.54 Å². The Morgan fingerprint density at radius 3 is 2.14 bits per heavy atom. The van der Waals surface area contributed by atoms with Gasteiger partial charge in [-0.1, -0.05) is 19.1 Å². The highest BCUT2D eigenvalue weighted by Crippen LogP contribution is 2.60. The molecular formula is C24H30N2O3. The minimum atomic E-state index is -0.869. The van der Waals surface area contributed by atoms with Gasteiger partial charge in [-0.3, -0.25) is 9.59 Å². The highest BCUT2D eigenvalue weighted by molar-refractivity contribution is 6.24. The van der Waals surface area contributed by atoms with Gasteiger partial charge in [-0.15, -0.1) is 0 Å². The standard InChI is InChI=1S/C24H30N2O3/c1-3-23(2)20(27)19(22(29)26-23)21(28)25-18-6-4-17(5-7-18)24-11-14-8-15(12-24)10-16(9-14)13-24/h4-7,14-16,27H,3,8-13H2,1-2H3,(H,25,28)(H,26,29). The van der Waals surface area contributed by atoms with Crippen molar-refractivity contribution in [2.24, 2.45) is 17.8 Å². The van der Waals surface area contributed by atoms with Gasteiger partial charge in [0.2, 0.25) is 0 Å². The molecule has 1 aromatic carbocycles. The zero-order valence-electron chi connectivity index (χ0n) is 17.3. The summed E-state index contributed by atoms with van der Waals surface area (Å²) in [5.74, 6) is 1.43. The topological polar surface area (TPSA) is 78.4 Å². The van der Waals surface area contributed by atoms with E-state index in [2.05, 4.69) is 22.8 Å². The Labute approximate surface area is 172 Å². The number of hydrogen-bond acceptors (Lipinski definition) is 3. The first-order valence-electron chi connectivity index (χ1n) is 11.0. The second kappa shape index (κ2) is 6.35. The molecule has 1 aliphatic heterocycles. The summed E-state index contributed by atoms with van der Waals surface area (Å²) in [6.45, 7) is 3.58. The maximum Gasteiger partial charge on any atom is 0.264 e. The molecule has 4 fully saturated rings. The maximum atomic E-state index is 12.7. The Bertz CT molecular complexity index is 866. The maximum absolute atomic E-state index is 12.7. The molecule has 5 nitrogen and oxygen atoms in total. The number of carbonyl (C=O) groups excluding carboxylic acids is 2. The smallest absolute Gasteiger partial charge is 0.264 e.